The van der Waals surface area contributed by atoms with E-state index in [9.17, 15) is 0 Å². The van der Waals surface area contributed by atoms with Gasteiger partial charge in [-0.2, -0.15) is 0 Å². The van der Waals surface area contributed by atoms with E-state index in [1.165, 1.54) is 28.8 Å². The highest BCUT2D eigenvalue weighted by Gasteiger charge is 2.20. The summed E-state index contributed by atoms with van der Waals surface area (Å²) in [4.78, 5) is 2.45. The Labute approximate surface area is 98.6 Å². The number of nitrogens with two attached hydrogens (primary N) is 1. The molecule has 1 saturated heterocycles. The molecule has 76 valence electrons. The Morgan fingerprint density at radius 2 is 2.29 bits per heavy atom. The molecule has 1 fully saturated rings. The first-order chi connectivity index (χ1) is 6.66. The number of nitrogen functional groups attached to an aromatic ring is 1. The molecular weight excluding hydrogens is 287 g/mol. The van der Waals surface area contributed by atoms with Crippen LogP contribution in [0.4, 0.5) is 11.4 Å². The zero-order valence-electron chi connectivity index (χ0n) is 8.33. The fourth-order valence-electron chi connectivity index (χ4n) is 1.93. The number of nitrogens with zero attached hydrogens (tertiary/aromatic N) is 1. The lowest BCUT2D eigenvalue weighted by Gasteiger charge is -2.20. The van der Waals surface area contributed by atoms with Crippen LogP contribution >= 0.6 is 22.6 Å². The van der Waals surface area contributed by atoms with Crippen LogP contribution < -0.4 is 10.6 Å². The van der Waals surface area contributed by atoms with Gasteiger partial charge in [-0.1, -0.05) is 6.92 Å². The number of halogens is 1. The van der Waals surface area contributed by atoms with Crippen molar-refractivity contribution in [3.63, 3.8) is 0 Å². The van der Waals surface area contributed by atoms with Gasteiger partial charge in [-0.05, 0) is 53.1 Å². The van der Waals surface area contributed by atoms with E-state index < -0.39 is 0 Å². The van der Waals surface area contributed by atoms with Gasteiger partial charge in [-0.3, -0.25) is 0 Å². The summed E-state index contributed by atoms with van der Waals surface area (Å²) in [6, 6.07) is 6.16. The molecule has 1 aliphatic heterocycles. The van der Waals surface area contributed by atoms with E-state index in [0.29, 0.717) is 0 Å². The van der Waals surface area contributed by atoms with Crippen LogP contribution in [0, 0.1) is 9.49 Å². The molecular formula is C11H15IN2. The van der Waals surface area contributed by atoms with Gasteiger partial charge in [0.2, 0.25) is 0 Å². The van der Waals surface area contributed by atoms with Crippen molar-refractivity contribution in [2.45, 2.75) is 13.3 Å². The molecule has 0 radical (unpaired) electrons. The van der Waals surface area contributed by atoms with E-state index in [-0.39, 0.29) is 0 Å². The minimum Gasteiger partial charge on any atom is -0.399 e. The number of anilines is 2. The maximum atomic E-state index is 5.73. The van der Waals surface area contributed by atoms with Crippen LogP contribution in [0.5, 0.6) is 0 Å². The predicted molar refractivity (Wildman–Crippen MR) is 69.6 cm³/mol. The first kappa shape index (κ1) is 10.1. The molecule has 0 aliphatic carbocycles. The van der Waals surface area contributed by atoms with E-state index >= 15 is 0 Å². The highest BCUT2D eigenvalue weighted by Crippen LogP contribution is 2.29. The van der Waals surface area contributed by atoms with Crippen molar-refractivity contribution in [2.75, 3.05) is 23.7 Å². The van der Waals surface area contributed by atoms with Crippen molar-refractivity contribution in [3.05, 3.63) is 21.8 Å². The Morgan fingerprint density at radius 3 is 2.86 bits per heavy atom. The second-order valence-electron chi connectivity index (χ2n) is 4.05. The smallest absolute Gasteiger partial charge is 0.0503 e. The van der Waals surface area contributed by atoms with Crippen LogP contribution in [-0.4, -0.2) is 13.1 Å². The molecule has 0 saturated carbocycles. The topological polar surface area (TPSA) is 29.3 Å². The van der Waals surface area contributed by atoms with Gasteiger partial charge in [-0.15, -0.1) is 0 Å². The van der Waals surface area contributed by atoms with Crippen molar-refractivity contribution < 1.29 is 0 Å². The van der Waals surface area contributed by atoms with E-state index in [2.05, 4.69) is 40.5 Å². The molecule has 14 heavy (non-hydrogen) atoms. The van der Waals surface area contributed by atoms with Crippen LogP contribution in [0.1, 0.15) is 13.3 Å². The monoisotopic (exact) mass is 302 g/mol. The summed E-state index contributed by atoms with van der Waals surface area (Å²) in [5.74, 6) is 0.823. The molecule has 1 aromatic carbocycles. The Kier molecular flexibility index (Phi) is 2.85. The van der Waals surface area contributed by atoms with Crippen molar-refractivity contribution in [1.82, 2.24) is 0 Å². The average molecular weight is 302 g/mol. The van der Waals surface area contributed by atoms with Crippen LogP contribution in [0.2, 0.25) is 0 Å². The molecule has 1 aliphatic rings. The van der Waals surface area contributed by atoms with Gasteiger partial charge in [0.05, 0.1) is 5.69 Å². The third-order valence-electron chi connectivity index (χ3n) is 2.74. The van der Waals surface area contributed by atoms with E-state index in [1.807, 2.05) is 12.1 Å². The Balaban J connectivity index is 2.24. The summed E-state index contributed by atoms with van der Waals surface area (Å²) in [6.45, 7) is 4.67. The summed E-state index contributed by atoms with van der Waals surface area (Å²) in [6.07, 6.45) is 1.31. The second-order valence-corrected chi connectivity index (χ2v) is 5.21. The Bertz CT molecular complexity index is 338. The van der Waals surface area contributed by atoms with Crippen LogP contribution in [0.15, 0.2) is 18.2 Å². The van der Waals surface area contributed by atoms with Gasteiger partial charge >= 0.3 is 0 Å². The van der Waals surface area contributed by atoms with E-state index in [4.69, 9.17) is 5.73 Å². The first-order valence-electron chi connectivity index (χ1n) is 4.97. The predicted octanol–water partition coefficient (Wildman–Crippen LogP) is 2.72. The number of hydrogen-bond acceptors (Lipinski definition) is 2. The van der Waals surface area contributed by atoms with Gasteiger partial charge in [-0.25, -0.2) is 0 Å². The summed E-state index contributed by atoms with van der Waals surface area (Å²) in [5.41, 5.74) is 7.92. The molecule has 2 rings (SSSR count). The molecule has 1 unspecified atom stereocenters. The molecule has 1 aromatic rings. The van der Waals surface area contributed by atoms with Gasteiger partial charge in [0.15, 0.2) is 0 Å². The molecule has 0 amide bonds. The quantitative estimate of drug-likeness (QED) is 0.638. The third-order valence-corrected chi connectivity index (χ3v) is 3.60. The average Bonchev–Trinajstić information content (AvgIpc) is 2.51. The highest BCUT2D eigenvalue weighted by atomic mass is 127. The summed E-state index contributed by atoms with van der Waals surface area (Å²) >= 11 is 2.36. The lowest BCUT2D eigenvalue weighted by molar-refractivity contribution is 0.659. The maximum Gasteiger partial charge on any atom is 0.0503 e. The molecule has 3 heteroatoms. The van der Waals surface area contributed by atoms with Crippen molar-refractivity contribution in [3.8, 4) is 0 Å². The van der Waals surface area contributed by atoms with Crippen molar-refractivity contribution >= 4 is 34.0 Å². The van der Waals surface area contributed by atoms with E-state index in [0.717, 1.165) is 11.6 Å². The number of benzene rings is 1. The molecule has 0 spiro atoms. The van der Waals surface area contributed by atoms with Crippen LogP contribution in [0.3, 0.4) is 0 Å². The maximum absolute atomic E-state index is 5.73. The summed E-state index contributed by atoms with van der Waals surface area (Å²) in [7, 11) is 0. The first-order valence-corrected chi connectivity index (χ1v) is 6.04. The van der Waals surface area contributed by atoms with Crippen LogP contribution in [-0.2, 0) is 0 Å². The molecule has 0 aromatic heterocycles. The van der Waals surface area contributed by atoms with Gasteiger partial charge < -0.3 is 10.6 Å². The molecule has 2 N–H and O–H groups in total. The molecule has 0 bridgehead atoms. The van der Waals surface area contributed by atoms with Crippen molar-refractivity contribution in [1.29, 1.82) is 0 Å². The van der Waals surface area contributed by atoms with E-state index in [1.54, 1.807) is 0 Å². The second kappa shape index (κ2) is 3.96. The molecule has 1 heterocycles. The van der Waals surface area contributed by atoms with Crippen LogP contribution in [0.25, 0.3) is 0 Å². The summed E-state index contributed by atoms with van der Waals surface area (Å²) in [5, 5.41) is 0. The fourth-order valence-corrected chi connectivity index (χ4v) is 2.81. The zero-order chi connectivity index (χ0) is 10.1. The largest absolute Gasteiger partial charge is 0.399 e. The number of rotatable bonds is 1. The molecule has 1 atom stereocenters. The Hall–Kier alpha value is -0.450. The molecule has 2 nitrogen and oxygen atoms in total. The fraction of sp³-hybridized carbons (Fsp3) is 0.455. The number of hydrogen-bond donors (Lipinski definition) is 1. The Morgan fingerprint density at radius 1 is 1.50 bits per heavy atom. The third kappa shape index (κ3) is 1.97. The minimum absolute atomic E-state index is 0.823. The SMILES string of the molecule is CC1CCN(c2ccc(N)cc2I)C1. The lowest BCUT2D eigenvalue weighted by atomic mass is 10.2. The van der Waals surface area contributed by atoms with Gasteiger partial charge in [0.1, 0.15) is 0 Å². The lowest BCUT2D eigenvalue weighted by Crippen LogP contribution is -2.20. The zero-order valence-corrected chi connectivity index (χ0v) is 10.5. The normalized spacial score (nSPS) is 21.6. The highest BCUT2D eigenvalue weighted by molar-refractivity contribution is 14.1. The van der Waals surface area contributed by atoms with Crippen molar-refractivity contribution in [2.24, 2.45) is 5.92 Å². The minimum atomic E-state index is 0.823. The summed E-state index contributed by atoms with van der Waals surface area (Å²) < 4.78 is 1.26. The van der Waals surface area contributed by atoms with Gasteiger partial charge in [0, 0.05) is 22.3 Å². The van der Waals surface area contributed by atoms with Gasteiger partial charge in [0.25, 0.3) is 0 Å². The standard InChI is InChI=1S/C11H15IN2/c1-8-4-5-14(7-8)11-3-2-9(13)6-10(11)12/h2-3,6,8H,4-5,7,13H2,1H3.